The van der Waals surface area contributed by atoms with E-state index in [-0.39, 0.29) is 6.17 Å². The van der Waals surface area contributed by atoms with Gasteiger partial charge in [0.15, 0.2) is 11.4 Å². The van der Waals surface area contributed by atoms with E-state index < -0.39 is 0 Å². The molecule has 0 aliphatic carbocycles. The fourth-order valence-electron chi connectivity index (χ4n) is 4.49. The number of aliphatic imine (C=N–C) groups is 1. The van der Waals surface area contributed by atoms with Crippen molar-refractivity contribution >= 4 is 40.2 Å². The van der Waals surface area contributed by atoms with Crippen LogP contribution in [-0.2, 0) is 0 Å². The molecule has 1 aliphatic heterocycles. The Bertz CT molecular complexity index is 1350. The normalized spacial score (nSPS) is 16.9. The van der Waals surface area contributed by atoms with Crippen molar-refractivity contribution in [1.29, 1.82) is 0 Å². The van der Waals surface area contributed by atoms with E-state index in [9.17, 15) is 0 Å². The summed E-state index contributed by atoms with van der Waals surface area (Å²) in [4.78, 5) is 13.4. The molecule has 0 bridgehead atoms. The molecule has 0 unspecified atom stereocenters. The van der Waals surface area contributed by atoms with Crippen molar-refractivity contribution in [3.63, 3.8) is 0 Å². The van der Waals surface area contributed by atoms with Gasteiger partial charge in [0, 0.05) is 22.7 Å². The van der Waals surface area contributed by atoms with E-state index in [1.807, 2.05) is 31.2 Å². The Morgan fingerprint density at radius 2 is 1.84 bits per heavy atom. The third-order valence-corrected chi connectivity index (χ3v) is 5.81. The minimum Gasteiger partial charge on any atom is -0.435 e. The average Bonchev–Trinajstić information content (AvgIpc) is 3.29. The van der Waals surface area contributed by atoms with Crippen LogP contribution in [0.1, 0.15) is 19.4 Å². The highest BCUT2D eigenvalue weighted by molar-refractivity contribution is 6.09. The van der Waals surface area contributed by atoms with Crippen LogP contribution in [0, 0.1) is 6.92 Å². The molecule has 31 heavy (non-hydrogen) atoms. The van der Waals surface area contributed by atoms with Gasteiger partial charge in [-0.25, -0.2) is 9.98 Å². The molecule has 0 radical (unpaired) electrons. The van der Waals surface area contributed by atoms with Crippen LogP contribution in [0.3, 0.4) is 0 Å². The third-order valence-electron chi connectivity index (χ3n) is 5.81. The number of allylic oxidation sites excluding steroid dienone is 2. The van der Waals surface area contributed by atoms with E-state index in [4.69, 9.17) is 4.42 Å². The summed E-state index contributed by atoms with van der Waals surface area (Å²) in [5, 5.41) is 2.06. The number of anilines is 2. The van der Waals surface area contributed by atoms with E-state index in [1.54, 1.807) is 6.20 Å². The molecule has 5 nitrogen and oxygen atoms in total. The summed E-state index contributed by atoms with van der Waals surface area (Å²) in [5.41, 5.74) is 5.66. The molecule has 0 fully saturated rings. The number of hydrogen-bond acceptors (Lipinski definition) is 5. The van der Waals surface area contributed by atoms with Gasteiger partial charge in [-0.15, -0.1) is 0 Å². The van der Waals surface area contributed by atoms with Gasteiger partial charge in [-0.05, 0) is 63.4 Å². The lowest BCUT2D eigenvalue weighted by atomic mass is 10.1. The summed E-state index contributed by atoms with van der Waals surface area (Å²) >= 11 is 0. The van der Waals surface area contributed by atoms with Crippen molar-refractivity contribution in [2.24, 2.45) is 4.99 Å². The zero-order chi connectivity index (χ0) is 21.5. The van der Waals surface area contributed by atoms with Gasteiger partial charge in [0.05, 0.1) is 11.4 Å². The van der Waals surface area contributed by atoms with Crippen molar-refractivity contribution in [3.05, 3.63) is 90.0 Å². The second-order valence-electron chi connectivity index (χ2n) is 7.64. The minimum atomic E-state index is -0.0282. The first kappa shape index (κ1) is 19.1. The lowest BCUT2D eigenvalue weighted by molar-refractivity contribution is 0.647. The number of fused-ring (bicyclic) bond motifs is 3. The molecule has 0 spiro atoms. The molecular formula is C26H24N4O. The van der Waals surface area contributed by atoms with Crippen LogP contribution >= 0.6 is 0 Å². The average molecular weight is 409 g/mol. The molecule has 0 saturated heterocycles. The molecule has 0 N–H and O–H groups in total. The van der Waals surface area contributed by atoms with Crippen molar-refractivity contribution in [2.45, 2.75) is 26.9 Å². The summed E-state index contributed by atoms with van der Waals surface area (Å²) in [7, 11) is 0. The Hall–Kier alpha value is -3.86. The summed E-state index contributed by atoms with van der Waals surface area (Å²) in [5.74, 6) is 0.804. The van der Waals surface area contributed by atoms with E-state index in [2.05, 4.69) is 82.8 Å². The molecule has 5 heteroatoms. The lowest BCUT2D eigenvalue weighted by Gasteiger charge is -2.32. The Labute approximate surface area is 181 Å². The number of furan rings is 1. The highest BCUT2D eigenvalue weighted by atomic mass is 16.3. The predicted molar refractivity (Wildman–Crippen MR) is 129 cm³/mol. The Balaban J connectivity index is 1.79. The lowest BCUT2D eigenvalue weighted by Crippen LogP contribution is -2.38. The topological polar surface area (TPSA) is 44.9 Å². The summed E-state index contributed by atoms with van der Waals surface area (Å²) in [6.07, 6.45) is 5.85. The summed E-state index contributed by atoms with van der Waals surface area (Å²) in [6.45, 7) is 10.2. The first-order valence-corrected chi connectivity index (χ1v) is 10.4. The van der Waals surface area contributed by atoms with E-state index >= 15 is 0 Å². The number of nitrogens with zero attached hydrogens (tertiary/aromatic N) is 4. The van der Waals surface area contributed by atoms with Gasteiger partial charge in [0.2, 0.25) is 5.71 Å². The molecule has 2 aromatic heterocycles. The van der Waals surface area contributed by atoms with Crippen LogP contribution in [0.15, 0.2) is 93.9 Å². The highest BCUT2D eigenvalue weighted by Gasteiger charge is 2.38. The van der Waals surface area contributed by atoms with E-state index in [0.717, 1.165) is 44.8 Å². The number of aromatic nitrogens is 1. The predicted octanol–water partition coefficient (Wildman–Crippen LogP) is 6.41. The minimum absolute atomic E-state index is 0.0282. The number of pyridine rings is 1. The van der Waals surface area contributed by atoms with Crippen LogP contribution in [0.2, 0.25) is 0 Å². The standard InChI is InChI=1S/C26H24N4O/c1-5-10-22-25(27-4)30(18(3)29(22)19-11-7-6-8-12-19)23-17(2)14-15-20-21-13-9-16-28-26(21)31-24(20)23/h5-16,18H,4H2,1-3H3/b10-5-/t18-/m0/s1. The maximum Gasteiger partial charge on any atom is 0.227 e. The second-order valence-corrected chi connectivity index (χ2v) is 7.64. The van der Waals surface area contributed by atoms with Crippen LogP contribution < -0.4 is 9.80 Å². The van der Waals surface area contributed by atoms with Gasteiger partial charge < -0.3 is 9.32 Å². The van der Waals surface area contributed by atoms with Gasteiger partial charge in [0.1, 0.15) is 6.17 Å². The number of benzene rings is 2. The fraction of sp³-hybridized carbons (Fsp3) is 0.154. The highest BCUT2D eigenvalue weighted by Crippen LogP contribution is 2.44. The molecule has 5 rings (SSSR count). The quantitative estimate of drug-likeness (QED) is 0.366. The van der Waals surface area contributed by atoms with Crippen molar-refractivity contribution in [3.8, 4) is 0 Å². The van der Waals surface area contributed by atoms with Gasteiger partial charge >= 0.3 is 0 Å². The molecule has 1 aliphatic rings. The summed E-state index contributed by atoms with van der Waals surface area (Å²) < 4.78 is 6.28. The smallest absolute Gasteiger partial charge is 0.227 e. The van der Waals surface area contributed by atoms with Gasteiger partial charge in [0.25, 0.3) is 0 Å². The van der Waals surface area contributed by atoms with Crippen molar-refractivity contribution < 1.29 is 4.42 Å². The van der Waals surface area contributed by atoms with E-state index in [0.29, 0.717) is 5.71 Å². The number of aryl methyl sites for hydroxylation is 1. The number of para-hydroxylation sites is 1. The first-order valence-electron chi connectivity index (χ1n) is 10.4. The van der Waals surface area contributed by atoms with Crippen LogP contribution in [0.5, 0.6) is 0 Å². The zero-order valence-corrected chi connectivity index (χ0v) is 17.9. The maximum absolute atomic E-state index is 6.28. The number of rotatable bonds is 4. The second kappa shape index (κ2) is 7.43. The zero-order valence-electron chi connectivity index (χ0n) is 17.9. The molecule has 2 aromatic carbocycles. The molecular weight excluding hydrogens is 384 g/mol. The molecule has 3 heterocycles. The first-order chi connectivity index (χ1) is 15.2. The van der Waals surface area contributed by atoms with Gasteiger partial charge in [-0.2, -0.15) is 0 Å². The Morgan fingerprint density at radius 3 is 2.58 bits per heavy atom. The third kappa shape index (κ3) is 2.85. The molecule has 0 amide bonds. The molecule has 0 saturated carbocycles. The van der Waals surface area contributed by atoms with Crippen molar-refractivity contribution in [1.82, 2.24) is 4.98 Å². The van der Waals surface area contributed by atoms with Crippen molar-refractivity contribution in [2.75, 3.05) is 9.80 Å². The molecule has 4 aromatic rings. The molecule has 154 valence electrons. The van der Waals surface area contributed by atoms with Gasteiger partial charge in [-0.1, -0.05) is 36.4 Å². The van der Waals surface area contributed by atoms with E-state index in [1.165, 1.54) is 0 Å². The number of hydrogen-bond donors (Lipinski definition) is 0. The largest absolute Gasteiger partial charge is 0.435 e. The summed E-state index contributed by atoms with van der Waals surface area (Å²) in [6, 6.07) is 18.6. The maximum atomic E-state index is 6.28. The van der Waals surface area contributed by atoms with Crippen LogP contribution in [-0.4, -0.2) is 17.9 Å². The SMILES string of the molecule is C=NC1=C(/C=C\C)N(c2ccccc2)[C@H](C)N1c1c(C)ccc2c1oc1ncccc12. The molecule has 1 atom stereocenters. The fourth-order valence-corrected chi connectivity index (χ4v) is 4.49. The van der Waals surface area contributed by atoms with Crippen LogP contribution in [0.25, 0.3) is 22.1 Å². The Kier molecular flexibility index (Phi) is 4.59. The van der Waals surface area contributed by atoms with Crippen LogP contribution in [0.4, 0.5) is 11.4 Å². The monoisotopic (exact) mass is 408 g/mol. The van der Waals surface area contributed by atoms with Gasteiger partial charge in [-0.3, -0.25) is 4.90 Å². The Morgan fingerprint density at radius 1 is 1.03 bits per heavy atom.